The van der Waals surface area contributed by atoms with E-state index in [1.54, 1.807) is 0 Å². The van der Waals surface area contributed by atoms with Gasteiger partial charge in [0, 0.05) is 0 Å². The van der Waals surface area contributed by atoms with Crippen molar-refractivity contribution in [2.24, 2.45) is 0 Å². The maximum Gasteiger partial charge on any atom is 0.437 e. The Balaban J connectivity index is 3.89. The highest BCUT2D eigenvalue weighted by Crippen LogP contribution is 2.03. The Bertz CT molecular complexity index is 233. The van der Waals surface area contributed by atoms with Crippen LogP contribution in [-0.4, -0.2) is 25.6 Å². The molecule has 0 rings (SSSR count). The van der Waals surface area contributed by atoms with Crippen LogP contribution in [0.5, 0.6) is 0 Å². The summed E-state index contributed by atoms with van der Waals surface area (Å²) < 4.78 is 34.8. The van der Waals surface area contributed by atoms with E-state index in [9.17, 15) is 17.1 Å². The highest BCUT2D eigenvalue weighted by atomic mass is 32.3. The van der Waals surface area contributed by atoms with Gasteiger partial charge in [-0.1, -0.05) is 3.89 Å². The first-order chi connectivity index (χ1) is 4.81. The molecule has 0 saturated carbocycles. The SMILES string of the molecule is CC(CC(=O)O)OS(=O)(=O)F. The predicted octanol–water partition coefficient (Wildman–Crippen LogP) is 0.0805. The molecule has 0 fully saturated rings. The molecule has 1 N–H and O–H groups in total. The van der Waals surface area contributed by atoms with E-state index < -0.39 is 29.0 Å². The van der Waals surface area contributed by atoms with Crippen LogP contribution in [0.2, 0.25) is 0 Å². The third-order valence-electron chi connectivity index (χ3n) is 0.741. The molecule has 0 amide bonds. The van der Waals surface area contributed by atoms with Crippen LogP contribution in [-0.2, 0) is 19.5 Å². The number of halogens is 1. The highest BCUT2D eigenvalue weighted by molar-refractivity contribution is 7.81. The van der Waals surface area contributed by atoms with E-state index in [-0.39, 0.29) is 0 Å². The number of carboxylic acids is 1. The lowest BCUT2D eigenvalue weighted by Crippen LogP contribution is -2.15. The fourth-order valence-electron chi connectivity index (χ4n) is 0.476. The summed E-state index contributed by atoms with van der Waals surface area (Å²) in [5.41, 5.74) is 0. The second kappa shape index (κ2) is 3.63. The van der Waals surface area contributed by atoms with Gasteiger partial charge in [0.15, 0.2) is 0 Å². The molecule has 1 atom stereocenters. The lowest BCUT2D eigenvalue weighted by molar-refractivity contribution is -0.138. The molecule has 0 heterocycles. The van der Waals surface area contributed by atoms with E-state index in [4.69, 9.17) is 5.11 Å². The van der Waals surface area contributed by atoms with Crippen molar-refractivity contribution in [1.82, 2.24) is 0 Å². The molecule has 0 bridgehead atoms. The number of hydrogen-bond donors (Lipinski definition) is 1. The minimum Gasteiger partial charge on any atom is -0.481 e. The zero-order valence-corrected chi connectivity index (χ0v) is 6.47. The summed E-state index contributed by atoms with van der Waals surface area (Å²) in [6.07, 6.45) is -1.73. The predicted molar refractivity (Wildman–Crippen MR) is 32.8 cm³/mol. The first kappa shape index (κ1) is 10.3. The van der Waals surface area contributed by atoms with E-state index in [2.05, 4.69) is 4.18 Å². The van der Waals surface area contributed by atoms with Crippen molar-refractivity contribution in [3.8, 4) is 0 Å². The van der Waals surface area contributed by atoms with Crippen molar-refractivity contribution in [3.05, 3.63) is 0 Å². The normalized spacial score (nSPS) is 14.4. The Hall–Kier alpha value is -0.690. The van der Waals surface area contributed by atoms with E-state index >= 15 is 0 Å². The molecule has 11 heavy (non-hydrogen) atoms. The van der Waals surface area contributed by atoms with Gasteiger partial charge in [-0.05, 0) is 6.92 Å². The summed E-state index contributed by atoms with van der Waals surface area (Å²) in [6, 6.07) is 0. The summed E-state index contributed by atoms with van der Waals surface area (Å²) in [4.78, 5) is 9.90. The van der Waals surface area contributed by atoms with E-state index in [0.29, 0.717) is 0 Å². The van der Waals surface area contributed by atoms with Crippen LogP contribution in [0.4, 0.5) is 3.89 Å². The van der Waals surface area contributed by atoms with E-state index in [1.807, 2.05) is 0 Å². The lowest BCUT2D eigenvalue weighted by Gasteiger charge is -2.04. The molecule has 1 unspecified atom stereocenters. The van der Waals surface area contributed by atoms with Crippen LogP contribution in [0.15, 0.2) is 0 Å². The van der Waals surface area contributed by atoms with Crippen molar-refractivity contribution in [3.63, 3.8) is 0 Å². The van der Waals surface area contributed by atoms with Gasteiger partial charge >= 0.3 is 16.5 Å². The third-order valence-corrected chi connectivity index (χ3v) is 1.30. The van der Waals surface area contributed by atoms with Crippen molar-refractivity contribution in [2.75, 3.05) is 0 Å². The summed E-state index contributed by atoms with van der Waals surface area (Å²) in [5, 5.41) is 8.08. The smallest absolute Gasteiger partial charge is 0.437 e. The fraction of sp³-hybridized carbons (Fsp3) is 0.750. The topological polar surface area (TPSA) is 80.7 Å². The maximum absolute atomic E-state index is 11.6. The lowest BCUT2D eigenvalue weighted by atomic mass is 10.3. The van der Waals surface area contributed by atoms with Crippen molar-refractivity contribution in [2.45, 2.75) is 19.4 Å². The second-order valence-corrected chi connectivity index (χ2v) is 2.88. The minimum absolute atomic E-state index is 0.552. The molecule has 0 radical (unpaired) electrons. The third kappa shape index (κ3) is 7.20. The van der Waals surface area contributed by atoms with Crippen molar-refractivity contribution in [1.29, 1.82) is 0 Å². The number of carbonyl (C=O) groups is 1. The largest absolute Gasteiger partial charge is 0.481 e. The molecular formula is C4H7FO5S. The first-order valence-electron chi connectivity index (χ1n) is 2.66. The maximum atomic E-state index is 11.6. The monoisotopic (exact) mass is 186 g/mol. The summed E-state index contributed by atoms with van der Waals surface area (Å²) in [5.74, 6) is -1.25. The van der Waals surface area contributed by atoms with Crippen molar-refractivity contribution < 1.29 is 26.4 Å². The summed E-state index contributed by atoms with van der Waals surface area (Å²) in [7, 11) is -5.03. The van der Waals surface area contributed by atoms with Gasteiger partial charge in [0.05, 0.1) is 12.5 Å². The van der Waals surface area contributed by atoms with E-state index in [0.717, 1.165) is 6.92 Å². The molecule has 66 valence electrons. The van der Waals surface area contributed by atoms with Gasteiger partial charge in [-0.2, -0.15) is 8.42 Å². The van der Waals surface area contributed by atoms with Gasteiger partial charge < -0.3 is 5.11 Å². The molecule has 7 heteroatoms. The quantitative estimate of drug-likeness (QED) is 0.629. The van der Waals surface area contributed by atoms with Crippen LogP contribution in [0.25, 0.3) is 0 Å². The molecule has 0 aromatic carbocycles. The highest BCUT2D eigenvalue weighted by Gasteiger charge is 2.16. The molecule has 5 nitrogen and oxygen atoms in total. The van der Waals surface area contributed by atoms with E-state index in [1.165, 1.54) is 0 Å². The Morgan fingerprint density at radius 2 is 2.18 bits per heavy atom. The van der Waals surface area contributed by atoms with Gasteiger partial charge in [0.25, 0.3) is 0 Å². The number of rotatable bonds is 4. The number of hydrogen-bond acceptors (Lipinski definition) is 4. The van der Waals surface area contributed by atoms with Gasteiger partial charge in [-0.3, -0.25) is 4.79 Å². The molecule has 0 aliphatic rings. The standard InChI is InChI=1S/C4H7FO5S/c1-3(2-4(6)7)10-11(5,8)9/h3H,2H2,1H3,(H,6,7). The van der Waals surface area contributed by atoms with Crippen molar-refractivity contribution >= 4 is 16.5 Å². The summed E-state index contributed by atoms with van der Waals surface area (Å²) >= 11 is 0. The average molecular weight is 186 g/mol. The molecule has 0 saturated heterocycles. The molecule has 0 spiro atoms. The van der Waals surface area contributed by atoms with Crippen LogP contribution in [0.1, 0.15) is 13.3 Å². The average Bonchev–Trinajstić information content (AvgIpc) is 1.53. The Kier molecular flexibility index (Phi) is 3.40. The number of aliphatic carboxylic acids is 1. The Morgan fingerprint density at radius 1 is 1.73 bits per heavy atom. The second-order valence-electron chi connectivity index (χ2n) is 1.90. The van der Waals surface area contributed by atoms with Crippen LogP contribution in [0.3, 0.4) is 0 Å². The molecule has 0 aliphatic carbocycles. The zero-order valence-electron chi connectivity index (χ0n) is 5.65. The minimum atomic E-state index is -5.03. The number of carboxylic acid groups (broad SMARTS) is 1. The first-order valence-corrected chi connectivity index (χ1v) is 3.97. The summed E-state index contributed by atoms with van der Waals surface area (Å²) in [6.45, 7) is 1.14. The Morgan fingerprint density at radius 3 is 2.45 bits per heavy atom. The van der Waals surface area contributed by atoms with Gasteiger partial charge in [-0.15, -0.1) is 0 Å². The van der Waals surface area contributed by atoms with Gasteiger partial charge in [0.2, 0.25) is 0 Å². The molecule has 0 aromatic heterocycles. The van der Waals surface area contributed by atoms with Crippen LogP contribution >= 0.6 is 0 Å². The molecule has 0 aliphatic heterocycles. The molecular weight excluding hydrogens is 179 g/mol. The van der Waals surface area contributed by atoms with Gasteiger partial charge in [-0.25, -0.2) is 4.18 Å². The van der Waals surface area contributed by atoms with Crippen LogP contribution < -0.4 is 0 Å². The Labute approximate surface area is 63.2 Å². The van der Waals surface area contributed by atoms with Gasteiger partial charge in [0.1, 0.15) is 0 Å². The zero-order chi connectivity index (χ0) is 9.07. The molecule has 0 aromatic rings. The fourth-order valence-corrected chi connectivity index (χ4v) is 0.937. The van der Waals surface area contributed by atoms with Crippen LogP contribution in [0, 0.1) is 0 Å².